The van der Waals surface area contributed by atoms with Gasteiger partial charge in [-0.15, -0.1) is 11.3 Å². The lowest BCUT2D eigenvalue weighted by Gasteiger charge is -1.91. The Kier molecular flexibility index (Phi) is 1.51. The van der Waals surface area contributed by atoms with E-state index in [0.717, 1.165) is 20.8 Å². The molecule has 0 saturated heterocycles. The summed E-state index contributed by atoms with van der Waals surface area (Å²) in [6, 6.07) is 5.75. The van der Waals surface area contributed by atoms with Crippen LogP contribution in [-0.4, -0.2) is 0 Å². The highest BCUT2D eigenvalue weighted by molar-refractivity contribution is 7.17. The Bertz CT molecular complexity index is 394. The molecule has 1 heterocycles. The summed E-state index contributed by atoms with van der Waals surface area (Å²) in [5.74, 6) is 0. The maximum atomic E-state index is 5.89. The van der Waals surface area contributed by atoms with E-state index >= 15 is 0 Å². The third-order valence-corrected chi connectivity index (χ3v) is 2.94. The Balaban J connectivity index is 2.86. The molecule has 0 radical (unpaired) electrons. The van der Waals surface area contributed by atoms with Crippen molar-refractivity contribution in [2.24, 2.45) is 0 Å². The van der Waals surface area contributed by atoms with E-state index in [4.69, 9.17) is 17.3 Å². The third-order valence-electron chi connectivity index (χ3n) is 1.55. The summed E-state index contributed by atoms with van der Waals surface area (Å²) in [5, 5.41) is 3.82. The van der Waals surface area contributed by atoms with Crippen LogP contribution in [-0.2, 0) is 0 Å². The van der Waals surface area contributed by atoms with Crippen LogP contribution in [0.3, 0.4) is 0 Å². The van der Waals surface area contributed by atoms with Crippen molar-refractivity contribution < 1.29 is 0 Å². The summed E-state index contributed by atoms with van der Waals surface area (Å²) >= 11 is 7.51. The van der Waals surface area contributed by atoms with Crippen LogP contribution in [0.5, 0.6) is 0 Å². The first-order valence-corrected chi connectivity index (χ1v) is 4.45. The predicted molar refractivity (Wildman–Crippen MR) is 51.2 cm³/mol. The number of nitrogen functional groups attached to an aromatic ring is 1. The number of anilines is 1. The molecule has 3 heteroatoms. The first-order valence-electron chi connectivity index (χ1n) is 3.19. The van der Waals surface area contributed by atoms with Gasteiger partial charge in [-0.25, -0.2) is 0 Å². The minimum absolute atomic E-state index is 0.788. The van der Waals surface area contributed by atoms with E-state index in [9.17, 15) is 0 Å². The van der Waals surface area contributed by atoms with Crippen molar-refractivity contribution in [1.29, 1.82) is 0 Å². The standard InChI is InChI=1S/C8H6ClNS/c9-7-4-11-8-3-5(10)1-2-6(7)8/h1-4H,10H2. The van der Waals surface area contributed by atoms with Crippen molar-refractivity contribution >= 4 is 38.7 Å². The fourth-order valence-electron chi connectivity index (χ4n) is 1.01. The van der Waals surface area contributed by atoms with Crippen LogP contribution in [0, 0.1) is 0 Å². The van der Waals surface area contributed by atoms with Gasteiger partial charge in [-0.05, 0) is 18.2 Å². The molecule has 2 N–H and O–H groups in total. The lowest BCUT2D eigenvalue weighted by molar-refractivity contribution is 1.79. The first kappa shape index (κ1) is 6.95. The van der Waals surface area contributed by atoms with Gasteiger partial charge in [-0.1, -0.05) is 11.6 Å². The molecule has 0 aliphatic carbocycles. The number of fused-ring (bicyclic) bond motifs is 1. The van der Waals surface area contributed by atoms with Crippen LogP contribution < -0.4 is 5.73 Å². The molecular formula is C8H6ClNS. The van der Waals surface area contributed by atoms with Gasteiger partial charge in [0.2, 0.25) is 0 Å². The first-order chi connectivity index (χ1) is 5.27. The highest BCUT2D eigenvalue weighted by atomic mass is 35.5. The zero-order valence-corrected chi connectivity index (χ0v) is 7.25. The van der Waals surface area contributed by atoms with Crippen molar-refractivity contribution in [2.75, 3.05) is 5.73 Å². The van der Waals surface area contributed by atoms with Crippen molar-refractivity contribution in [3.8, 4) is 0 Å². The lowest BCUT2D eigenvalue weighted by atomic mass is 10.2. The molecule has 0 spiro atoms. The Morgan fingerprint density at radius 2 is 2.18 bits per heavy atom. The van der Waals surface area contributed by atoms with Crippen molar-refractivity contribution in [3.05, 3.63) is 28.6 Å². The Hall–Kier alpha value is -0.730. The molecule has 0 atom stereocenters. The highest BCUT2D eigenvalue weighted by Gasteiger charge is 1.99. The molecule has 0 aliphatic rings. The topological polar surface area (TPSA) is 26.0 Å². The summed E-state index contributed by atoms with van der Waals surface area (Å²) in [6.07, 6.45) is 0. The number of benzene rings is 1. The molecule has 0 fully saturated rings. The monoisotopic (exact) mass is 183 g/mol. The van der Waals surface area contributed by atoms with Gasteiger partial charge in [-0.2, -0.15) is 0 Å². The number of halogens is 1. The maximum absolute atomic E-state index is 5.89. The maximum Gasteiger partial charge on any atom is 0.0591 e. The van der Waals surface area contributed by atoms with Gasteiger partial charge < -0.3 is 5.73 Å². The van der Waals surface area contributed by atoms with E-state index in [-0.39, 0.29) is 0 Å². The normalized spacial score (nSPS) is 10.6. The van der Waals surface area contributed by atoms with E-state index < -0.39 is 0 Å². The molecule has 2 aromatic rings. The van der Waals surface area contributed by atoms with Gasteiger partial charge in [0.1, 0.15) is 0 Å². The van der Waals surface area contributed by atoms with Crippen LogP contribution in [0.4, 0.5) is 5.69 Å². The Labute approximate surface area is 73.4 Å². The second kappa shape index (κ2) is 2.40. The molecule has 56 valence electrons. The van der Waals surface area contributed by atoms with Gasteiger partial charge in [0.15, 0.2) is 0 Å². The molecule has 2 rings (SSSR count). The molecule has 0 bridgehead atoms. The minimum atomic E-state index is 0.788. The molecule has 0 aliphatic heterocycles. The van der Waals surface area contributed by atoms with Gasteiger partial charge in [-0.3, -0.25) is 0 Å². The summed E-state index contributed by atoms with van der Waals surface area (Å²) in [6.45, 7) is 0. The van der Waals surface area contributed by atoms with Crippen molar-refractivity contribution in [3.63, 3.8) is 0 Å². The number of nitrogens with two attached hydrogens (primary N) is 1. The lowest BCUT2D eigenvalue weighted by Crippen LogP contribution is -1.80. The van der Waals surface area contributed by atoms with Gasteiger partial charge in [0, 0.05) is 21.2 Å². The quantitative estimate of drug-likeness (QED) is 0.624. The second-order valence-electron chi connectivity index (χ2n) is 2.34. The number of rotatable bonds is 0. The largest absolute Gasteiger partial charge is 0.399 e. The van der Waals surface area contributed by atoms with E-state index in [1.807, 2.05) is 23.6 Å². The molecule has 1 aromatic carbocycles. The highest BCUT2D eigenvalue weighted by Crippen LogP contribution is 2.30. The molecule has 0 amide bonds. The van der Waals surface area contributed by atoms with E-state index in [2.05, 4.69) is 0 Å². The summed E-state index contributed by atoms with van der Waals surface area (Å²) in [7, 11) is 0. The van der Waals surface area contributed by atoms with Crippen LogP contribution in [0.2, 0.25) is 5.02 Å². The molecule has 11 heavy (non-hydrogen) atoms. The van der Waals surface area contributed by atoms with E-state index in [1.54, 1.807) is 11.3 Å². The van der Waals surface area contributed by atoms with Gasteiger partial charge in [0.05, 0.1) is 5.02 Å². The average Bonchev–Trinajstić information content (AvgIpc) is 2.32. The smallest absolute Gasteiger partial charge is 0.0591 e. The molecule has 1 aromatic heterocycles. The van der Waals surface area contributed by atoms with Gasteiger partial charge >= 0.3 is 0 Å². The minimum Gasteiger partial charge on any atom is -0.399 e. The molecular weight excluding hydrogens is 178 g/mol. The SMILES string of the molecule is Nc1ccc2c(Cl)csc2c1. The number of hydrogen-bond donors (Lipinski definition) is 1. The zero-order valence-electron chi connectivity index (χ0n) is 5.67. The number of hydrogen-bond acceptors (Lipinski definition) is 2. The van der Waals surface area contributed by atoms with Gasteiger partial charge in [0.25, 0.3) is 0 Å². The third kappa shape index (κ3) is 1.08. The molecule has 0 saturated carbocycles. The zero-order chi connectivity index (χ0) is 7.84. The fourth-order valence-corrected chi connectivity index (χ4v) is 2.23. The Morgan fingerprint density at radius 1 is 1.36 bits per heavy atom. The van der Waals surface area contributed by atoms with Crippen LogP contribution in [0.15, 0.2) is 23.6 Å². The second-order valence-corrected chi connectivity index (χ2v) is 3.66. The predicted octanol–water partition coefficient (Wildman–Crippen LogP) is 3.14. The molecule has 0 unspecified atom stereocenters. The summed E-state index contributed by atoms with van der Waals surface area (Å²) in [4.78, 5) is 0. The van der Waals surface area contributed by atoms with E-state index in [0.29, 0.717) is 0 Å². The summed E-state index contributed by atoms with van der Waals surface area (Å²) in [5.41, 5.74) is 6.38. The summed E-state index contributed by atoms with van der Waals surface area (Å²) < 4.78 is 1.15. The van der Waals surface area contributed by atoms with Crippen LogP contribution in [0.1, 0.15) is 0 Å². The van der Waals surface area contributed by atoms with Crippen molar-refractivity contribution in [2.45, 2.75) is 0 Å². The van der Waals surface area contributed by atoms with Crippen LogP contribution in [0.25, 0.3) is 10.1 Å². The van der Waals surface area contributed by atoms with E-state index in [1.165, 1.54) is 0 Å². The fraction of sp³-hybridized carbons (Fsp3) is 0. The Morgan fingerprint density at radius 3 is 3.00 bits per heavy atom. The van der Waals surface area contributed by atoms with Crippen molar-refractivity contribution in [1.82, 2.24) is 0 Å². The van der Waals surface area contributed by atoms with Crippen LogP contribution >= 0.6 is 22.9 Å². The molecule has 1 nitrogen and oxygen atoms in total. The number of thiophene rings is 1. The average molecular weight is 184 g/mol.